The highest BCUT2D eigenvalue weighted by Gasteiger charge is 2.06. The number of fused-ring (bicyclic) bond motifs is 1. The maximum atomic E-state index is 12.0. The van der Waals surface area contributed by atoms with Crippen molar-refractivity contribution in [1.82, 2.24) is 10.3 Å². The van der Waals surface area contributed by atoms with Gasteiger partial charge in [0, 0.05) is 35.1 Å². The summed E-state index contributed by atoms with van der Waals surface area (Å²) < 4.78 is 0. The lowest BCUT2D eigenvalue weighted by Crippen LogP contribution is -2.25. The Morgan fingerprint density at radius 1 is 1.09 bits per heavy atom. The second-order valence-electron chi connectivity index (χ2n) is 5.59. The molecule has 1 aromatic heterocycles. The summed E-state index contributed by atoms with van der Waals surface area (Å²) in [6.45, 7) is 0.632. The van der Waals surface area contributed by atoms with E-state index in [0.717, 1.165) is 28.9 Å². The lowest BCUT2D eigenvalue weighted by Gasteiger charge is -2.05. The number of para-hydroxylation sites is 1. The van der Waals surface area contributed by atoms with Crippen molar-refractivity contribution < 1.29 is 4.79 Å². The van der Waals surface area contributed by atoms with E-state index in [2.05, 4.69) is 16.4 Å². The third-order valence-corrected chi connectivity index (χ3v) is 4.16. The molecule has 3 nitrogen and oxygen atoms in total. The van der Waals surface area contributed by atoms with Crippen LogP contribution in [0.25, 0.3) is 10.9 Å². The smallest absolute Gasteiger partial charge is 0.220 e. The van der Waals surface area contributed by atoms with Crippen molar-refractivity contribution in [1.29, 1.82) is 0 Å². The van der Waals surface area contributed by atoms with Crippen LogP contribution in [0.4, 0.5) is 0 Å². The summed E-state index contributed by atoms with van der Waals surface area (Å²) in [5.74, 6) is 0.0808. The average molecular weight is 327 g/mol. The molecule has 118 valence electrons. The predicted molar refractivity (Wildman–Crippen MR) is 94.8 cm³/mol. The first-order chi connectivity index (χ1) is 11.2. The number of aromatic amines is 1. The van der Waals surface area contributed by atoms with Gasteiger partial charge in [0.2, 0.25) is 5.91 Å². The number of halogens is 1. The van der Waals surface area contributed by atoms with E-state index in [9.17, 15) is 4.79 Å². The van der Waals surface area contributed by atoms with Crippen molar-refractivity contribution in [3.8, 4) is 0 Å². The number of hydrogen-bond donors (Lipinski definition) is 2. The number of aromatic nitrogens is 1. The Kier molecular flexibility index (Phi) is 4.99. The molecule has 3 aromatic rings. The van der Waals surface area contributed by atoms with Crippen LogP contribution in [0.15, 0.2) is 54.7 Å². The van der Waals surface area contributed by atoms with Crippen LogP contribution in [0, 0.1) is 0 Å². The van der Waals surface area contributed by atoms with Crippen LogP contribution in [-0.2, 0) is 17.6 Å². The first-order valence-electron chi connectivity index (χ1n) is 7.78. The van der Waals surface area contributed by atoms with Crippen molar-refractivity contribution in [3.63, 3.8) is 0 Å². The molecule has 0 unspecified atom stereocenters. The SMILES string of the molecule is O=C(CCc1c[nH]c2ccccc12)NCCc1cccc(Cl)c1. The van der Waals surface area contributed by atoms with Crippen molar-refractivity contribution in [2.45, 2.75) is 19.3 Å². The molecule has 1 heterocycles. The van der Waals surface area contributed by atoms with E-state index in [1.165, 1.54) is 10.9 Å². The molecule has 0 aliphatic heterocycles. The molecule has 0 bridgehead atoms. The summed E-state index contributed by atoms with van der Waals surface area (Å²) in [4.78, 5) is 15.2. The van der Waals surface area contributed by atoms with Gasteiger partial charge in [-0.3, -0.25) is 4.79 Å². The summed E-state index contributed by atoms with van der Waals surface area (Å²) in [6.07, 6.45) is 4.02. The van der Waals surface area contributed by atoms with E-state index in [0.29, 0.717) is 13.0 Å². The number of hydrogen-bond acceptors (Lipinski definition) is 1. The van der Waals surface area contributed by atoms with Crippen LogP contribution < -0.4 is 5.32 Å². The molecule has 0 radical (unpaired) electrons. The van der Waals surface area contributed by atoms with E-state index < -0.39 is 0 Å². The number of aryl methyl sites for hydroxylation is 1. The topological polar surface area (TPSA) is 44.9 Å². The van der Waals surface area contributed by atoms with Crippen LogP contribution >= 0.6 is 11.6 Å². The minimum absolute atomic E-state index is 0.0808. The Hall–Kier alpha value is -2.26. The molecule has 2 N–H and O–H groups in total. The number of amides is 1. The number of benzene rings is 2. The molecule has 0 spiro atoms. The quantitative estimate of drug-likeness (QED) is 0.703. The van der Waals surface area contributed by atoms with Crippen LogP contribution in [-0.4, -0.2) is 17.4 Å². The highest BCUT2D eigenvalue weighted by atomic mass is 35.5. The molecular formula is C19H19ClN2O. The summed E-state index contributed by atoms with van der Waals surface area (Å²) >= 11 is 5.95. The van der Waals surface area contributed by atoms with Gasteiger partial charge in [-0.1, -0.05) is 41.9 Å². The molecule has 2 aromatic carbocycles. The van der Waals surface area contributed by atoms with Crippen LogP contribution in [0.2, 0.25) is 5.02 Å². The van der Waals surface area contributed by atoms with Gasteiger partial charge in [-0.25, -0.2) is 0 Å². The average Bonchev–Trinajstić information content (AvgIpc) is 2.96. The lowest BCUT2D eigenvalue weighted by atomic mass is 10.1. The van der Waals surface area contributed by atoms with E-state index in [-0.39, 0.29) is 5.91 Å². The number of nitrogens with one attached hydrogen (secondary N) is 2. The molecule has 4 heteroatoms. The first kappa shape index (κ1) is 15.6. The number of carbonyl (C=O) groups is 1. The van der Waals surface area contributed by atoms with Gasteiger partial charge in [0.25, 0.3) is 0 Å². The van der Waals surface area contributed by atoms with Crippen LogP contribution in [0.3, 0.4) is 0 Å². The zero-order chi connectivity index (χ0) is 16.1. The minimum atomic E-state index is 0.0808. The second-order valence-corrected chi connectivity index (χ2v) is 6.03. The van der Waals surface area contributed by atoms with Gasteiger partial charge in [-0.05, 0) is 42.2 Å². The summed E-state index contributed by atoms with van der Waals surface area (Å²) in [5.41, 5.74) is 3.43. The molecule has 0 aliphatic rings. The zero-order valence-corrected chi connectivity index (χ0v) is 13.6. The van der Waals surface area contributed by atoms with Gasteiger partial charge in [-0.2, -0.15) is 0 Å². The molecule has 0 fully saturated rings. The second kappa shape index (κ2) is 7.34. The summed E-state index contributed by atoms with van der Waals surface area (Å²) in [6, 6.07) is 15.9. The standard InChI is InChI=1S/C19H19ClN2O/c20-16-5-3-4-14(12-16)10-11-21-19(23)9-8-15-13-22-18-7-2-1-6-17(15)18/h1-7,12-13,22H,8-11H2,(H,21,23). The third kappa shape index (κ3) is 4.14. The fraction of sp³-hybridized carbons (Fsp3) is 0.211. The van der Waals surface area contributed by atoms with Crippen molar-refractivity contribution >= 4 is 28.4 Å². The molecule has 0 saturated heterocycles. The van der Waals surface area contributed by atoms with Crippen LogP contribution in [0.5, 0.6) is 0 Å². The third-order valence-electron chi connectivity index (χ3n) is 3.92. The van der Waals surface area contributed by atoms with Crippen LogP contribution in [0.1, 0.15) is 17.5 Å². The highest BCUT2D eigenvalue weighted by Crippen LogP contribution is 2.18. The number of H-pyrrole nitrogens is 1. The van der Waals surface area contributed by atoms with Crippen molar-refractivity contribution in [3.05, 3.63) is 70.9 Å². The van der Waals surface area contributed by atoms with E-state index in [4.69, 9.17) is 11.6 Å². The first-order valence-corrected chi connectivity index (χ1v) is 8.16. The molecule has 23 heavy (non-hydrogen) atoms. The maximum Gasteiger partial charge on any atom is 0.220 e. The summed E-state index contributed by atoms with van der Waals surface area (Å²) in [7, 11) is 0. The van der Waals surface area contributed by atoms with Gasteiger partial charge in [0.15, 0.2) is 0 Å². The fourth-order valence-electron chi connectivity index (χ4n) is 2.71. The predicted octanol–water partition coefficient (Wildman–Crippen LogP) is 4.11. The van der Waals surface area contributed by atoms with E-state index >= 15 is 0 Å². The Morgan fingerprint density at radius 2 is 1.96 bits per heavy atom. The minimum Gasteiger partial charge on any atom is -0.361 e. The van der Waals surface area contributed by atoms with Gasteiger partial charge in [0.1, 0.15) is 0 Å². The molecule has 3 rings (SSSR count). The Bertz CT molecular complexity index is 810. The maximum absolute atomic E-state index is 12.0. The van der Waals surface area contributed by atoms with Gasteiger partial charge < -0.3 is 10.3 Å². The zero-order valence-electron chi connectivity index (χ0n) is 12.8. The molecule has 0 atom stereocenters. The lowest BCUT2D eigenvalue weighted by molar-refractivity contribution is -0.121. The normalized spacial score (nSPS) is 10.8. The highest BCUT2D eigenvalue weighted by molar-refractivity contribution is 6.30. The molecule has 1 amide bonds. The van der Waals surface area contributed by atoms with Gasteiger partial charge in [-0.15, -0.1) is 0 Å². The molecule has 0 aliphatic carbocycles. The van der Waals surface area contributed by atoms with Crippen molar-refractivity contribution in [2.75, 3.05) is 6.54 Å². The van der Waals surface area contributed by atoms with E-state index in [1.54, 1.807) is 0 Å². The van der Waals surface area contributed by atoms with Gasteiger partial charge in [0.05, 0.1) is 0 Å². The molecule has 0 saturated carbocycles. The number of rotatable bonds is 6. The van der Waals surface area contributed by atoms with Gasteiger partial charge >= 0.3 is 0 Å². The number of carbonyl (C=O) groups excluding carboxylic acids is 1. The fourth-order valence-corrected chi connectivity index (χ4v) is 2.93. The monoisotopic (exact) mass is 326 g/mol. The summed E-state index contributed by atoms with van der Waals surface area (Å²) in [5, 5.41) is 4.89. The Labute approximate surface area is 140 Å². The Morgan fingerprint density at radius 3 is 2.83 bits per heavy atom. The molecular weight excluding hydrogens is 308 g/mol. The van der Waals surface area contributed by atoms with E-state index in [1.807, 2.05) is 48.7 Å². The Balaban J connectivity index is 1.46. The van der Waals surface area contributed by atoms with Crippen molar-refractivity contribution in [2.24, 2.45) is 0 Å². The largest absolute Gasteiger partial charge is 0.361 e.